The van der Waals surface area contributed by atoms with Crippen LogP contribution in [0, 0.1) is 0 Å². The molecule has 2 heteroatoms. The van der Waals surface area contributed by atoms with E-state index in [9.17, 15) is 0 Å². The number of hydrogen-bond donors (Lipinski definition) is 0. The van der Waals surface area contributed by atoms with Crippen molar-refractivity contribution in [3.8, 4) is 33.4 Å². The van der Waals surface area contributed by atoms with E-state index in [1.165, 1.54) is 54.9 Å². The number of anilines is 6. The van der Waals surface area contributed by atoms with E-state index in [-0.39, 0.29) is 0 Å². The number of nitrogens with zero attached hydrogens (tertiary/aromatic N) is 2. The van der Waals surface area contributed by atoms with Crippen molar-refractivity contribution in [2.45, 2.75) is 0 Å². The summed E-state index contributed by atoms with van der Waals surface area (Å²) in [6, 6.07) is 87.3. The molecule has 0 aromatic heterocycles. The number of benzene rings is 10. The second kappa shape index (κ2) is 15.5. The van der Waals surface area contributed by atoms with E-state index in [0.717, 1.165) is 34.1 Å². The summed E-state index contributed by atoms with van der Waals surface area (Å²) in [6.45, 7) is 0. The number of rotatable bonds is 9. The van der Waals surface area contributed by atoms with E-state index < -0.39 is 0 Å². The van der Waals surface area contributed by atoms with Gasteiger partial charge in [-0.1, -0.05) is 170 Å². The zero-order chi connectivity index (χ0) is 38.7. The van der Waals surface area contributed by atoms with Gasteiger partial charge in [0.05, 0.1) is 5.69 Å². The lowest BCUT2D eigenvalue weighted by Gasteiger charge is -2.31. The molecule has 0 saturated carbocycles. The molecule has 0 radical (unpaired) electrons. The Morgan fingerprint density at radius 2 is 0.552 bits per heavy atom. The Balaban J connectivity index is 1.26. The molecule has 10 aromatic carbocycles. The van der Waals surface area contributed by atoms with Crippen LogP contribution in [-0.4, -0.2) is 0 Å². The molecule has 0 unspecified atom stereocenters. The molecule has 0 heterocycles. The van der Waals surface area contributed by atoms with E-state index in [2.05, 4.69) is 252 Å². The number of fused-ring (bicyclic) bond motifs is 2. The van der Waals surface area contributed by atoms with Crippen LogP contribution in [-0.2, 0) is 0 Å². The Morgan fingerprint density at radius 1 is 0.207 bits per heavy atom. The summed E-state index contributed by atoms with van der Waals surface area (Å²) >= 11 is 0. The molecule has 0 aliphatic rings. The molecular weight excluding hydrogens is 701 g/mol. The highest BCUT2D eigenvalue weighted by Crippen LogP contribution is 2.50. The van der Waals surface area contributed by atoms with E-state index in [1.54, 1.807) is 0 Å². The van der Waals surface area contributed by atoms with Crippen molar-refractivity contribution in [1.29, 1.82) is 0 Å². The first-order valence-electron chi connectivity index (χ1n) is 19.9. The first-order chi connectivity index (χ1) is 28.8. The predicted molar refractivity (Wildman–Crippen MR) is 247 cm³/mol. The quantitative estimate of drug-likeness (QED) is 0.136. The van der Waals surface area contributed by atoms with Gasteiger partial charge in [0, 0.05) is 39.2 Å². The maximum Gasteiger partial charge on any atom is 0.0619 e. The Bertz CT molecular complexity index is 2910. The van der Waals surface area contributed by atoms with E-state index in [0.29, 0.717) is 0 Å². The molecule has 0 aliphatic heterocycles. The van der Waals surface area contributed by atoms with E-state index in [4.69, 9.17) is 0 Å². The first kappa shape index (κ1) is 34.8. The maximum absolute atomic E-state index is 2.45. The summed E-state index contributed by atoms with van der Waals surface area (Å²) in [7, 11) is 0. The highest BCUT2D eigenvalue weighted by atomic mass is 15.2. The minimum Gasteiger partial charge on any atom is -0.311 e. The van der Waals surface area contributed by atoms with Crippen LogP contribution in [0.1, 0.15) is 0 Å². The van der Waals surface area contributed by atoms with E-state index >= 15 is 0 Å². The van der Waals surface area contributed by atoms with Gasteiger partial charge in [-0.05, 0) is 117 Å². The smallest absolute Gasteiger partial charge is 0.0619 e. The second-order valence-electron chi connectivity index (χ2n) is 14.5. The Hall–Kier alpha value is -7.68. The standard InChI is InChI=1S/C56H40N2/c1-7-19-41(20-8-1)44-32-38-52-53(39-44)55(43-23-11-3-12-24-43)51-37-31-45(42-21-9-2-10-22-42)40-54(51)56(52)58(48-29-17-6-18-30-48)50-35-33-49(34-36-50)57(46-25-13-4-14-26-46)47-27-15-5-16-28-47/h1-40H. The van der Waals surface area contributed by atoms with Crippen molar-refractivity contribution in [2.24, 2.45) is 0 Å². The predicted octanol–water partition coefficient (Wildman–Crippen LogP) is 15.9. The molecule has 2 nitrogen and oxygen atoms in total. The molecule has 0 bridgehead atoms. The molecule has 10 rings (SSSR count). The van der Waals surface area contributed by atoms with Gasteiger partial charge >= 0.3 is 0 Å². The van der Waals surface area contributed by atoms with Gasteiger partial charge in [-0.15, -0.1) is 0 Å². The lowest BCUT2D eigenvalue weighted by molar-refractivity contribution is 1.26. The normalized spacial score (nSPS) is 11.1. The van der Waals surface area contributed by atoms with Crippen LogP contribution in [0.15, 0.2) is 243 Å². The molecule has 0 fully saturated rings. The third-order valence-corrected chi connectivity index (χ3v) is 11.0. The van der Waals surface area contributed by atoms with Crippen LogP contribution in [0.5, 0.6) is 0 Å². The van der Waals surface area contributed by atoms with Gasteiger partial charge in [-0.3, -0.25) is 0 Å². The van der Waals surface area contributed by atoms with Crippen LogP contribution < -0.4 is 9.80 Å². The van der Waals surface area contributed by atoms with Gasteiger partial charge < -0.3 is 9.80 Å². The minimum absolute atomic E-state index is 1.07. The molecule has 58 heavy (non-hydrogen) atoms. The van der Waals surface area contributed by atoms with Crippen LogP contribution in [0.3, 0.4) is 0 Å². The summed E-state index contributed by atoms with van der Waals surface area (Å²) in [5.41, 5.74) is 13.8. The number of hydrogen-bond acceptors (Lipinski definition) is 2. The molecule has 0 spiro atoms. The van der Waals surface area contributed by atoms with E-state index in [1.807, 2.05) is 0 Å². The minimum atomic E-state index is 1.07. The summed E-state index contributed by atoms with van der Waals surface area (Å²) in [5, 5.41) is 4.78. The largest absolute Gasteiger partial charge is 0.311 e. The Labute approximate surface area is 340 Å². The zero-order valence-electron chi connectivity index (χ0n) is 32.0. The highest BCUT2D eigenvalue weighted by Gasteiger charge is 2.24. The van der Waals surface area contributed by atoms with Crippen LogP contribution in [0.4, 0.5) is 34.1 Å². The van der Waals surface area contributed by atoms with Crippen LogP contribution >= 0.6 is 0 Å². The molecule has 10 aromatic rings. The fourth-order valence-electron chi connectivity index (χ4n) is 8.32. The number of para-hydroxylation sites is 3. The van der Waals surface area contributed by atoms with Crippen molar-refractivity contribution in [3.05, 3.63) is 243 Å². The molecule has 0 saturated heterocycles. The zero-order valence-corrected chi connectivity index (χ0v) is 32.0. The summed E-state index contributed by atoms with van der Waals surface area (Å²) in [5.74, 6) is 0. The van der Waals surface area contributed by atoms with Gasteiger partial charge in [0.1, 0.15) is 0 Å². The van der Waals surface area contributed by atoms with Crippen molar-refractivity contribution in [3.63, 3.8) is 0 Å². The third kappa shape index (κ3) is 6.57. The van der Waals surface area contributed by atoms with Crippen molar-refractivity contribution in [2.75, 3.05) is 9.80 Å². The van der Waals surface area contributed by atoms with Crippen LogP contribution in [0.25, 0.3) is 54.9 Å². The topological polar surface area (TPSA) is 6.48 Å². The molecule has 0 N–H and O–H groups in total. The summed E-state index contributed by atoms with van der Waals surface area (Å²) < 4.78 is 0. The summed E-state index contributed by atoms with van der Waals surface area (Å²) in [4.78, 5) is 4.77. The highest BCUT2D eigenvalue weighted by molar-refractivity contribution is 6.23. The lowest BCUT2D eigenvalue weighted by Crippen LogP contribution is -2.13. The van der Waals surface area contributed by atoms with Crippen molar-refractivity contribution >= 4 is 55.7 Å². The molecule has 0 atom stereocenters. The molecule has 0 aliphatic carbocycles. The lowest BCUT2D eigenvalue weighted by atomic mass is 9.87. The van der Waals surface area contributed by atoms with Gasteiger partial charge in [-0.2, -0.15) is 0 Å². The SMILES string of the molecule is c1ccc(-c2ccc3c(N(c4ccccc4)c4ccc(N(c5ccccc5)c5ccccc5)cc4)c4cc(-c5ccccc5)ccc4c(-c4ccccc4)c3c2)cc1. The maximum atomic E-state index is 2.45. The van der Waals surface area contributed by atoms with Crippen molar-refractivity contribution < 1.29 is 0 Å². The Morgan fingerprint density at radius 3 is 1.02 bits per heavy atom. The summed E-state index contributed by atoms with van der Waals surface area (Å²) in [6.07, 6.45) is 0. The second-order valence-corrected chi connectivity index (χ2v) is 14.5. The van der Waals surface area contributed by atoms with Gasteiger partial charge in [-0.25, -0.2) is 0 Å². The fraction of sp³-hybridized carbons (Fsp3) is 0. The Kier molecular flexibility index (Phi) is 9.27. The molecular formula is C56H40N2. The third-order valence-electron chi connectivity index (χ3n) is 11.0. The van der Waals surface area contributed by atoms with Crippen molar-refractivity contribution in [1.82, 2.24) is 0 Å². The fourth-order valence-corrected chi connectivity index (χ4v) is 8.32. The van der Waals surface area contributed by atoms with Gasteiger partial charge in [0.25, 0.3) is 0 Å². The molecule has 274 valence electrons. The monoisotopic (exact) mass is 740 g/mol. The average molecular weight is 741 g/mol. The van der Waals surface area contributed by atoms with Crippen LogP contribution in [0.2, 0.25) is 0 Å². The first-order valence-corrected chi connectivity index (χ1v) is 19.9. The molecule has 0 amide bonds. The average Bonchev–Trinajstić information content (AvgIpc) is 3.31. The van der Waals surface area contributed by atoms with Gasteiger partial charge in [0.2, 0.25) is 0 Å². The van der Waals surface area contributed by atoms with Gasteiger partial charge in [0.15, 0.2) is 0 Å².